The molecule has 0 aromatic heterocycles. The molecule has 3 N–H and O–H groups in total. The Morgan fingerprint density at radius 2 is 2.05 bits per heavy atom. The highest BCUT2D eigenvalue weighted by Gasteiger charge is 2.24. The molecule has 0 aliphatic heterocycles. The molecular formula is C15H23FN2O. The maximum Gasteiger partial charge on any atom is 0.220 e. The van der Waals surface area contributed by atoms with Crippen molar-refractivity contribution in [1.29, 1.82) is 0 Å². The number of benzene rings is 1. The van der Waals surface area contributed by atoms with Crippen molar-refractivity contribution < 1.29 is 9.18 Å². The average Bonchev–Trinajstić information content (AvgIpc) is 2.34. The van der Waals surface area contributed by atoms with E-state index in [2.05, 4.69) is 5.32 Å². The predicted octanol–water partition coefficient (Wildman–Crippen LogP) is 2.35. The van der Waals surface area contributed by atoms with Crippen LogP contribution in [0.4, 0.5) is 4.39 Å². The molecule has 0 bridgehead atoms. The van der Waals surface area contributed by atoms with Gasteiger partial charge in [-0.15, -0.1) is 0 Å². The van der Waals surface area contributed by atoms with Gasteiger partial charge in [0.15, 0.2) is 0 Å². The lowest BCUT2D eigenvalue weighted by atomic mass is 9.84. The van der Waals surface area contributed by atoms with Gasteiger partial charge >= 0.3 is 0 Å². The first-order chi connectivity index (χ1) is 8.83. The van der Waals surface area contributed by atoms with E-state index in [1.165, 1.54) is 6.07 Å². The van der Waals surface area contributed by atoms with Crippen LogP contribution in [0, 0.1) is 5.82 Å². The molecule has 0 heterocycles. The van der Waals surface area contributed by atoms with Crippen molar-refractivity contribution in [2.24, 2.45) is 5.73 Å². The molecule has 4 heteroatoms. The van der Waals surface area contributed by atoms with Crippen molar-refractivity contribution in [3.63, 3.8) is 0 Å². The number of hydrogen-bond acceptors (Lipinski definition) is 2. The summed E-state index contributed by atoms with van der Waals surface area (Å²) in [6.07, 6.45) is 1.07. The topological polar surface area (TPSA) is 55.1 Å². The smallest absolute Gasteiger partial charge is 0.220 e. The highest BCUT2D eigenvalue weighted by molar-refractivity contribution is 5.76. The summed E-state index contributed by atoms with van der Waals surface area (Å²) >= 11 is 0. The molecule has 3 nitrogen and oxygen atoms in total. The standard InChI is InChI=1S/C15H23FN2O/c1-11(17)8-9-14(19)18-10-15(2,3)12-6-4-5-7-13(12)16/h4-7,11H,8-10,17H2,1-3H3,(H,18,19). The molecule has 0 saturated heterocycles. The van der Waals surface area contributed by atoms with E-state index in [0.29, 0.717) is 24.9 Å². The van der Waals surface area contributed by atoms with Crippen molar-refractivity contribution in [1.82, 2.24) is 5.32 Å². The quantitative estimate of drug-likeness (QED) is 0.830. The lowest BCUT2D eigenvalue weighted by molar-refractivity contribution is -0.121. The fraction of sp³-hybridized carbons (Fsp3) is 0.533. The maximum absolute atomic E-state index is 13.7. The van der Waals surface area contributed by atoms with Gasteiger partial charge in [0.05, 0.1) is 0 Å². The Kier molecular flexibility index (Phi) is 5.48. The monoisotopic (exact) mass is 266 g/mol. The molecule has 1 unspecified atom stereocenters. The van der Waals surface area contributed by atoms with E-state index in [9.17, 15) is 9.18 Å². The van der Waals surface area contributed by atoms with Crippen LogP contribution >= 0.6 is 0 Å². The molecule has 1 rings (SSSR count). The Balaban J connectivity index is 2.56. The molecule has 0 fully saturated rings. The summed E-state index contributed by atoms with van der Waals surface area (Å²) in [4.78, 5) is 11.6. The minimum atomic E-state index is -0.435. The molecule has 1 aromatic rings. The van der Waals surface area contributed by atoms with Crippen LogP contribution in [0.1, 0.15) is 39.2 Å². The Morgan fingerprint density at radius 3 is 2.63 bits per heavy atom. The summed E-state index contributed by atoms with van der Waals surface area (Å²) in [6, 6.07) is 6.68. The third-order valence-electron chi connectivity index (χ3n) is 3.16. The van der Waals surface area contributed by atoms with Crippen LogP contribution in [0.25, 0.3) is 0 Å². The molecular weight excluding hydrogens is 243 g/mol. The number of nitrogens with one attached hydrogen (secondary N) is 1. The fourth-order valence-corrected chi connectivity index (χ4v) is 1.87. The van der Waals surface area contributed by atoms with E-state index in [4.69, 9.17) is 5.73 Å². The second kappa shape index (κ2) is 6.66. The Hall–Kier alpha value is -1.42. The fourth-order valence-electron chi connectivity index (χ4n) is 1.87. The van der Waals surface area contributed by atoms with E-state index < -0.39 is 5.41 Å². The summed E-state index contributed by atoms with van der Waals surface area (Å²) in [5, 5.41) is 2.84. The third-order valence-corrected chi connectivity index (χ3v) is 3.16. The zero-order valence-electron chi connectivity index (χ0n) is 11.9. The minimum Gasteiger partial charge on any atom is -0.355 e. The van der Waals surface area contributed by atoms with Gasteiger partial charge < -0.3 is 11.1 Å². The SMILES string of the molecule is CC(N)CCC(=O)NCC(C)(C)c1ccccc1F. The average molecular weight is 266 g/mol. The lowest BCUT2D eigenvalue weighted by Gasteiger charge is -2.26. The van der Waals surface area contributed by atoms with Crippen molar-refractivity contribution in [2.45, 2.75) is 45.1 Å². The Morgan fingerprint density at radius 1 is 1.42 bits per heavy atom. The molecule has 0 saturated carbocycles. The van der Waals surface area contributed by atoms with E-state index in [1.807, 2.05) is 20.8 Å². The van der Waals surface area contributed by atoms with Gasteiger partial charge in [-0.05, 0) is 25.0 Å². The predicted molar refractivity (Wildman–Crippen MR) is 75.3 cm³/mol. The second-order valence-corrected chi connectivity index (χ2v) is 5.66. The van der Waals surface area contributed by atoms with Crippen LogP contribution in [0.3, 0.4) is 0 Å². The van der Waals surface area contributed by atoms with E-state index in [-0.39, 0.29) is 17.8 Å². The van der Waals surface area contributed by atoms with Gasteiger partial charge in [-0.25, -0.2) is 4.39 Å². The highest BCUT2D eigenvalue weighted by atomic mass is 19.1. The maximum atomic E-state index is 13.7. The summed E-state index contributed by atoms with van der Waals surface area (Å²) < 4.78 is 13.7. The van der Waals surface area contributed by atoms with Crippen molar-refractivity contribution in [3.05, 3.63) is 35.6 Å². The van der Waals surface area contributed by atoms with E-state index >= 15 is 0 Å². The van der Waals surface area contributed by atoms with Crippen LogP contribution < -0.4 is 11.1 Å². The largest absolute Gasteiger partial charge is 0.355 e. The summed E-state index contributed by atoms with van der Waals surface area (Å²) in [5.74, 6) is -0.279. The van der Waals surface area contributed by atoms with E-state index in [0.717, 1.165) is 0 Å². The molecule has 0 aliphatic carbocycles. The van der Waals surface area contributed by atoms with Crippen LogP contribution in [0.2, 0.25) is 0 Å². The molecule has 106 valence electrons. The van der Waals surface area contributed by atoms with E-state index in [1.54, 1.807) is 18.2 Å². The van der Waals surface area contributed by atoms with Gasteiger partial charge in [0.2, 0.25) is 5.91 Å². The van der Waals surface area contributed by atoms with Gasteiger partial charge in [0.1, 0.15) is 5.82 Å². The Labute approximate surface area is 114 Å². The number of carbonyl (C=O) groups is 1. The second-order valence-electron chi connectivity index (χ2n) is 5.66. The van der Waals surface area contributed by atoms with Crippen molar-refractivity contribution in [2.75, 3.05) is 6.54 Å². The minimum absolute atomic E-state index is 0.0188. The lowest BCUT2D eigenvalue weighted by Crippen LogP contribution is -2.37. The molecule has 0 radical (unpaired) electrons. The molecule has 1 aromatic carbocycles. The summed E-state index contributed by atoms with van der Waals surface area (Å²) in [7, 11) is 0. The van der Waals surface area contributed by atoms with Gasteiger partial charge in [0, 0.05) is 24.4 Å². The summed E-state index contributed by atoms with van der Waals surface area (Å²) in [6.45, 7) is 6.11. The first-order valence-electron chi connectivity index (χ1n) is 6.60. The van der Waals surface area contributed by atoms with Gasteiger partial charge in [-0.3, -0.25) is 4.79 Å². The van der Waals surface area contributed by atoms with Gasteiger partial charge in [0.25, 0.3) is 0 Å². The first-order valence-corrected chi connectivity index (χ1v) is 6.60. The highest BCUT2D eigenvalue weighted by Crippen LogP contribution is 2.24. The van der Waals surface area contributed by atoms with Crippen molar-refractivity contribution in [3.8, 4) is 0 Å². The van der Waals surface area contributed by atoms with Crippen LogP contribution in [-0.4, -0.2) is 18.5 Å². The van der Waals surface area contributed by atoms with Crippen LogP contribution in [0.15, 0.2) is 24.3 Å². The molecule has 19 heavy (non-hydrogen) atoms. The molecule has 0 spiro atoms. The first kappa shape index (κ1) is 15.6. The number of carbonyl (C=O) groups excluding carboxylic acids is 1. The molecule has 1 atom stereocenters. The normalized spacial score (nSPS) is 13.1. The number of hydrogen-bond donors (Lipinski definition) is 2. The van der Waals surface area contributed by atoms with Crippen LogP contribution in [-0.2, 0) is 10.2 Å². The zero-order valence-corrected chi connectivity index (χ0v) is 11.9. The molecule has 1 amide bonds. The molecule has 0 aliphatic rings. The zero-order chi connectivity index (χ0) is 14.5. The number of amides is 1. The number of nitrogens with two attached hydrogens (primary N) is 1. The van der Waals surface area contributed by atoms with Gasteiger partial charge in [-0.2, -0.15) is 0 Å². The van der Waals surface area contributed by atoms with Crippen LogP contribution in [0.5, 0.6) is 0 Å². The number of rotatable bonds is 6. The van der Waals surface area contributed by atoms with Crippen molar-refractivity contribution >= 4 is 5.91 Å². The number of halogens is 1. The Bertz CT molecular complexity index is 430. The van der Waals surface area contributed by atoms with Gasteiger partial charge in [-0.1, -0.05) is 32.0 Å². The summed E-state index contributed by atoms with van der Waals surface area (Å²) in [5.41, 5.74) is 5.78. The third kappa shape index (κ3) is 4.99.